The highest BCUT2D eigenvalue weighted by Gasteiger charge is 2.08. The molecule has 1 N–H and O–H groups in total. The van der Waals surface area contributed by atoms with Gasteiger partial charge in [-0.1, -0.05) is 6.07 Å². The number of thiazole rings is 1. The van der Waals surface area contributed by atoms with Crippen LogP contribution in [0.3, 0.4) is 0 Å². The predicted molar refractivity (Wildman–Crippen MR) is 72.0 cm³/mol. The first-order chi connectivity index (χ1) is 8.70. The van der Waals surface area contributed by atoms with E-state index in [1.165, 1.54) is 7.11 Å². The summed E-state index contributed by atoms with van der Waals surface area (Å²) in [5.41, 5.74) is 2.55. The number of hydrogen-bond donors (Lipinski definition) is 1. The second kappa shape index (κ2) is 5.64. The third kappa shape index (κ3) is 2.87. The zero-order chi connectivity index (χ0) is 13.0. The molecule has 2 aromatic rings. The number of carbonyl (C=O) groups is 1. The van der Waals surface area contributed by atoms with Gasteiger partial charge in [0.05, 0.1) is 19.2 Å². The number of nitrogens with one attached hydrogen (secondary N) is 1. The minimum Gasteiger partial charge on any atom is -0.465 e. The number of aryl methyl sites for hydroxylation is 1. The first-order valence-corrected chi connectivity index (χ1v) is 6.40. The summed E-state index contributed by atoms with van der Waals surface area (Å²) in [6, 6.07) is 5.46. The largest absolute Gasteiger partial charge is 0.465 e. The Balaban J connectivity index is 2.13. The third-order valence-corrected chi connectivity index (χ3v) is 3.35. The van der Waals surface area contributed by atoms with E-state index >= 15 is 0 Å². The number of benzene rings is 1. The number of carbonyl (C=O) groups excluding carboxylic acids is 1. The van der Waals surface area contributed by atoms with Crippen molar-refractivity contribution in [1.82, 2.24) is 4.98 Å². The van der Waals surface area contributed by atoms with Crippen molar-refractivity contribution in [1.29, 1.82) is 0 Å². The Hall–Kier alpha value is -1.88. The Bertz CT molecular complexity index is 538. The molecule has 5 heteroatoms. The molecule has 1 aromatic heterocycles. The second-order valence-corrected chi connectivity index (χ2v) is 4.78. The van der Waals surface area contributed by atoms with Crippen LogP contribution in [0.2, 0.25) is 0 Å². The van der Waals surface area contributed by atoms with Gasteiger partial charge in [0.25, 0.3) is 0 Å². The molecule has 4 nitrogen and oxygen atoms in total. The molecule has 2 rings (SSSR count). The van der Waals surface area contributed by atoms with Gasteiger partial charge in [-0.05, 0) is 24.6 Å². The lowest BCUT2D eigenvalue weighted by Gasteiger charge is -2.09. The fourth-order valence-electron chi connectivity index (χ4n) is 1.57. The molecule has 1 aromatic carbocycles. The van der Waals surface area contributed by atoms with Gasteiger partial charge in [0.15, 0.2) is 0 Å². The zero-order valence-corrected chi connectivity index (χ0v) is 11.1. The summed E-state index contributed by atoms with van der Waals surface area (Å²) in [5, 5.41) is 6.23. The van der Waals surface area contributed by atoms with E-state index in [-0.39, 0.29) is 5.97 Å². The number of aromatic nitrogens is 1. The Labute approximate surface area is 110 Å². The van der Waals surface area contributed by atoms with Gasteiger partial charge < -0.3 is 10.1 Å². The van der Waals surface area contributed by atoms with Gasteiger partial charge in [-0.2, -0.15) is 0 Å². The van der Waals surface area contributed by atoms with E-state index in [0.717, 1.165) is 16.3 Å². The van der Waals surface area contributed by atoms with Gasteiger partial charge >= 0.3 is 5.97 Å². The molecule has 94 valence electrons. The third-order valence-electron chi connectivity index (χ3n) is 2.57. The van der Waals surface area contributed by atoms with E-state index in [0.29, 0.717) is 12.1 Å². The van der Waals surface area contributed by atoms with E-state index in [9.17, 15) is 4.79 Å². The molecular weight excluding hydrogens is 248 g/mol. The standard InChI is InChI=1S/C13H14N2O2S/c1-9-3-4-10(13(16)17-2)7-11(9)15-8-12-14-5-6-18-12/h3-7,15H,8H2,1-2H3. The van der Waals surface area contributed by atoms with Crippen LogP contribution in [-0.4, -0.2) is 18.1 Å². The summed E-state index contributed by atoms with van der Waals surface area (Å²) in [5.74, 6) is -0.327. The minimum absolute atomic E-state index is 0.327. The van der Waals surface area contributed by atoms with E-state index in [4.69, 9.17) is 4.74 Å². The molecule has 0 aliphatic heterocycles. The molecule has 0 bridgehead atoms. The number of ether oxygens (including phenoxy) is 1. The molecule has 0 saturated heterocycles. The molecule has 0 unspecified atom stereocenters. The Morgan fingerprint density at radius 2 is 2.33 bits per heavy atom. The van der Waals surface area contributed by atoms with Crippen LogP contribution in [0, 0.1) is 6.92 Å². The first kappa shape index (κ1) is 12.6. The highest BCUT2D eigenvalue weighted by Crippen LogP contribution is 2.18. The van der Waals surface area contributed by atoms with E-state index in [1.807, 2.05) is 18.4 Å². The van der Waals surface area contributed by atoms with Gasteiger partial charge in [0.1, 0.15) is 5.01 Å². The van der Waals surface area contributed by atoms with Gasteiger partial charge in [-0.3, -0.25) is 0 Å². The minimum atomic E-state index is -0.327. The fraction of sp³-hybridized carbons (Fsp3) is 0.231. The average molecular weight is 262 g/mol. The van der Waals surface area contributed by atoms with Crippen LogP contribution in [0.25, 0.3) is 0 Å². The number of rotatable bonds is 4. The number of esters is 1. The van der Waals surface area contributed by atoms with Crippen molar-refractivity contribution in [2.75, 3.05) is 12.4 Å². The van der Waals surface area contributed by atoms with Gasteiger partial charge in [-0.25, -0.2) is 9.78 Å². The number of hydrogen-bond acceptors (Lipinski definition) is 5. The smallest absolute Gasteiger partial charge is 0.337 e. The first-order valence-electron chi connectivity index (χ1n) is 5.52. The number of anilines is 1. The van der Waals surface area contributed by atoms with E-state index in [2.05, 4.69) is 10.3 Å². The molecule has 18 heavy (non-hydrogen) atoms. The molecule has 0 aliphatic rings. The summed E-state index contributed by atoms with van der Waals surface area (Å²) < 4.78 is 4.70. The van der Waals surface area contributed by atoms with Crippen LogP contribution < -0.4 is 5.32 Å². The summed E-state index contributed by atoms with van der Waals surface area (Å²) in [6.45, 7) is 2.65. The van der Waals surface area contributed by atoms with Crippen LogP contribution in [-0.2, 0) is 11.3 Å². The van der Waals surface area contributed by atoms with Crippen molar-refractivity contribution in [2.24, 2.45) is 0 Å². The van der Waals surface area contributed by atoms with Crippen molar-refractivity contribution >= 4 is 23.0 Å². The second-order valence-electron chi connectivity index (χ2n) is 3.80. The molecule has 1 heterocycles. The van der Waals surface area contributed by atoms with Crippen LogP contribution in [0.15, 0.2) is 29.8 Å². The van der Waals surface area contributed by atoms with Crippen molar-refractivity contribution in [2.45, 2.75) is 13.5 Å². The van der Waals surface area contributed by atoms with Gasteiger partial charge in [-0.15, -0.1) is 11.3 Å². The van der Waals surface area contributed by atoms with Crippen molar-refractivity contribution < 1.29 is 9.53 Å². The average Bonchev–Trinajstić information content (AvgIpc) is 2.90. The molecule has 0 saturated carbocycles. The number of methoxy groups -OCH3 is 1. The quantitative estimate of drug-likeness (QED) is 0.861. The summed E-state index contributed by atoms with van der Waals surface area (Å²) in [6.07, 6.45) is 1.78. The summed E-state index contributed by atoms with van der Waals surface area (Å²) >= 11 is 1.60. The lowest BCUT2D eigenvalue weighted by molar-refractivity contribution is 0.0601. The lowest BCUT2D eigenvalue weighted by atomic mass is 10.1. The van der Waals surface area contributed by atoms with E-state index in [1.54, 1.807) is 29.7 Å². The van der Waals surface area contributed by atoms with Crippen molar-refractivity contribution in [3.05, 3.63) is 45.9 Å². The van der Waals surface area contributed by atoms with Crippen molar-refractivity contribution in [3.63, 3.8) is 0 Å². The summed E-state index contributed by atoms with van der Waals surface area (Å²) in [7, 11) is 1.38. The van der Waals surface area contributed by atoms with Crippen LogP contribution in [0.1, 0.15) is 20.9 Å². The molecule has 0 radical (unpaired) electrons. The predicted octanol–water partition coefficient (Wildman–Crippen LogP) is 2.85. The topological polar surface area (TPSA) is 51.2 Å². The van der Waals surface area contributed by atoms with Crippen molar-refractivity contribution in [3.8, 4) is 0 Å². The lowest BCUT2D eigenvalue weighted by Crippen LogP contribution is -2.05. The van der Waals surface area contributed by atoms with Gasteiger partial charge in [0, 0.05) is 17.3 Å². The molecule has 0 fully saturated rings. The monoisotopic (exact) mass is 262 g/mol. The van der Waals surface area contributed by atoms with Gasteiger partial charge in [0.2, 0.25) is 0 Å². The molecule has 0 atom stereocenters. The number of nitrogens with zero attached hydrogens (tertiary/aromatic N) is 1. The maximum Gasteiger partial charge on any atom is 0.337 e. The highest BCUT2D eigenvalue weighted by molar-refractivity contribution is 7.09. The molecular formula is C13H14N2O2S. The fourth-order valence-corrected chi connectivity index (χ4v) is 2.12. The summed E-state index contributed by atoms with van der Waals surface area (Å²) in [4.78, 5) is 15.6. The normalized spacial score (nSPS) is 10.1. The van der Waals surface area contributed by atoms with Crippen LogP contribution >= 0.6 is 11.3 Å². The zero-order valence-electron chi connectivity index (χ0n) is 10.3. The Morgan fingerprint density at radius 3 is 3.00 bits per heavy atom. The SMILES string of the molecule is COC(=O)c1ccc(C)c(NCc2nccs2)c1. The molecule has 0 aliphatic carbocycles. The Morgan fingerprint density at radius 1 is 1.50 bits per heavy atom. The highest BCUT2D eigenvalue weighted by atomic mass is 32.1. The van der Waals surface area contributed by atoms with E-state index < -0.39 is 0 Å². The maximum atomic E-state index is 11.4. The molecule has 0 spiro atoms. The molecule has 0 amide bonds. The maximum absolute atomic E-state index is 11.4. The van der Waals surface area contributed by atoms with Crippen LogP contribution in [0.4, 0.5) is 5.69 Å². The Kier molecular flexibility index (Phi) is 3.94. The van der Waals surface area contributed by atoms with Crippen LogP contribution in [0.5, 0.6) is 0 Å².